The second kappa shape index (κ2) is 8.36. The molecule has 7 aromatic rings. The highest BCUT2D eigenvalue weighted by Gasteiger charge is 2.22. The molecule has 0 aliphatic carbocycles. The van der Waals surface area contributed by atoms with Crippen LogP contribution in [-0.4, -0.2) is 19.6 Å². The van der Waals surface area contributed by atoms with Crippen molar-refractivity contribution in [1.82, 2.24) is 19.6 Å². The van der Waals surface area contributed by atoms with Crippen LogP contribution in [0.5, 0.6) is 5.75 Å². The highest BCUT2D eigenvalue weighted by atomic mass is 16.5. The summed E-state index contributed by atoms with van der Waals surface area (Å²) in [6.45, 7) is 0.237. The Balaban J connectivity index is 1.36. The van der Waals surface area contributed by atoms with E-state index in [2.05, 4.69) is 40.4 Å². The highest BCUT2D eigenvalue weighted by Crippen LogP contribution is 2.41. The van der Waals surface area contributed by atoms with Crippen LogP contribution >= 0.6 is 0 Å². The Labute approximate surface area is 206 Å². The van der Waals surface area contributed by atoms with Crippen molar-refractivity contribution in [2.24, 2.45) is 0 Å². The van der Waals surface area contributed by atoms with Crippen molar-refractivity contribution in [3.8, 4) is 28.2 Å². The molecular formula is C30H20N4O2. The number of nitrogens with zero attached hydrogens (tertiary/aromatic N) is 4. The summed E-state index contributed by atoms with van der Waals surface area (Å²) in [6.07, 6.45) is 1.64. The average molecular weight is 469 g/mol. The molecule has 0 bridgehead atoms. The van der Waals surface area contributed by atoms with Crippen molar-refractivity contribution < 1.29 is 9.15 Å². The van der Waals surface area contributed by atoms with Crippen LogP contribution < -0.4 is 4.74 Å². The number of fused-ring (bicyclic) bond motifs is 4. The first kappa shape index (κ1) is 20.4. The summed E-state index contributed by atoms with van der Waals surface area (Å²) in [5.41, 5.74) is 4.16. The molecule has 0 atom stereocenters. The Morgan fingerprint density at radius 3 is 2.31 bits per heavy atom. The fourth-order valence-corrected chi connectivity index (χ4v) is 4.64. The van der Waals surface area contributed by atoms with Crippen molar-refractivity contribution in [3.63, 3.8) is 0 Å². The minimum atomic E-state index is 0.237. The van der Waals surface area contributed by atoms with E-state index in [1.54, 1.807) is 10.8 Å². The van der Waals surface area contributed by atoms with Crippen molar-refractivity contribution in [3.05, 3.63) is 115 Å². The van der Waals surface area contributed by atoms with Crippen LogP contribution in [0.15, 0.2) is 114 Å². The molecule has 0 N–H and O–H groups in total. The molecule has 0 aliphatic rings. The van der Waals surface area contributed by atoms with Crippen LogP contribution in [0.3, 0.4) is 0 Å². The van der Waals surface area contributed by atoms with E-state index in [1.165, 1.54) is 0 Å². The summed E-state index contributed by atoms with van der Waals surface area (Å²) >= 11 is 0. The number of benzene rings is 4. The maximum atomic E-state index is 6.31. The number of rotatable bonds is 5. The summed E-state index contributed by atoms with van der Waals surface area (Å²) in [7, 11) is 0. The van der Waals surface area contributed by atoms with E-state index in [-0.39, 0.29) is 6.61 Å². The van der Waals surface area contributed by atoms with Crippen LogP contribution in [0.2, 0.25) is 0 Å². The molecule has 0 amide bonds. The number of hydrogen-bond acceptors (Lipinski definition) is 5. The molecule has 4 aromatic carbocycles. The summed E-state index contributed by atoms with van der Waals surface area (Å²) in [5, 5.41) is 7.66. The molecule has 3 aromatic heterocycles. The molecule has 7 rings (SSSR count). The smallest absolute Gasteiger partial charge is 0.232 e. The van der Waals surface area contributed by atoms with Gasteiger partial charge in [-0.2, -0.15) is 0 Å². The quantitative estimate of drug-likeness (QED) is 0.274. The van der Waals surface area contributed by atoms with Gasteiger partial charge in [-0.05, 0) is 17.0 Å². The van der Waals surface area contributed by atoms with Crippen LogP contribution in [0.1, 0.15) is 5.82 Å². The van der Waals surface area contributed by atoms with Gasteiger partial charge < -0.3 is 9.15 Å². The third-order valence-electron chi connectivity index (χ3n) is 6.28. The molecule has 3 heterocycles. The molecule has 0 spiro atoms. The lowest BCUT2D eigenvalue weighted by atomic mass is 9.99. The van der Waals surface area contributed by atoms with Gasteiger partial charge >= 0.3 is 0 Å². The predicted octanol–water partition coefficient (Wildman–Crippen LogP) is 6.94. The topological polar surface area (TPSA) is 65.5 Å². The average Bonchev–Trinajstić information content (AvgIpc) is 3.54. The maximum Gasteiger partial charge on any atom is 0.232 e. The normalized spacial score (nSPS) is 11.4. The lowest BCUT2D eigenvalue weighted by molar-refractivity contribution is 0.300. The Kier molecular flexibility index (Phi) is 4.74. The van der Waals surface area contributed by atoms with Gasteiger partial charge in [-0.25, -0.2) is 14.5 Å². The second-order valence-corrected chi connectivity index (χ2v) is 8.53. The van der Waals surface area contributed by atoms with E-state index >= 15 is 0 Å². The number of aromatic nitrogens is 4. The number of furan rings is 1. The van der Waals surface area contributed by atoms with Gasteiger partial charge in [-0.1, -0.05) is 97.1 Å². The van der Waals surface area contributed by atoms with Crippen LogP contribution in [0.25, 0.3) is 50.0 Å². The Bertz CT molecular complexity index is 1830. The van der Waals surface area contributed by atoms with Crippen molar-refractivity contribution in [2.75, 3.05) is 0 Å². The standard InChI is InChI=1S/C30H20N4O2/c1-3-11-21(12-4-1)26-27-29-32-25(18-35-24-17-9-15-20-10-7-8-16-23(20)24)33-34(29)19-31-30(27)36-28(26)22-13-5-2-6-14-22/h1-17,19H,18H2. The van der Waals surface area contributed by atoms with E-state index in [9.17, 15) is 0 Å². The largest absolute Gasteiger partial charge is 0.485 e. The van der Waals surface area contributed by atoms with E-state index < -0.39 is 0 Å². The Morgan fingerprint density at radius 1 is 0.750 bits per heavy atom. The predicted molar refractivity (Wildman–Crippen MR) is 140 cm³/mol. The monoisotopic (exact) mass is 468 g/mol. The number of ether oxygens (including phenoxy) is 1. The second-order valence-electron chi connectivity index (χ2n) is 8.53. The third-order valence-corrected chi connectivity index (χ3v) is 6.28. The van der Waals surface area contributed by atoms with Gasteiger partial charge in [0.2, 0.25) is 5.71 Å². The third kappa shape index (κ3) is 3.39. The molecule has 0 saturated heterocycles. The van der Waals surface area contributed by atoms with Gasteiger partial charge in [-0.3, -0.25) is 0 Å². The molecule has 0 aliphatic heterocycles. The Morgan fingerprint density at radius 2 is 1.47 bits per heavy atom. The number of hydrogen-bond donors (Lipinski definition) is 0. The first-order valence-corrected chi connectivity index (χ1v) is 11.7. The van der Waals surface area contributed by atoms with Crippen LogP contribution in [-0.2, 0) is 6.61 Å². The van der Waals surface area contributed by atoms with E-state index in [4.69, 9.17) is 14.1 Å². The molecule has 6 nitrogen and oxygen atoms in total. The zero-order valence-corrected chi connectivity index (χ0v) is 19.2. The fraction of sp³-hybridized carbons (Fsp3) is 0.0333. The molecule has 0 fully saturated rings. The van der Waals surface area contributed by atoms with E-state index in [1.807, 2.05) is 72.8 Å². The van der Waals surface area contributed by atoms with E-state index in [0.717, 1.165) is 44.4 Å². The van der Waals surface area contributed by atoms with Crippen LogP contribution in [0, 0.1) is 0 Å². The van der Waals surface area contributed by atoms with Gasteiger partial charge in [-0.15, -0.1) is 5.10 Å². The maximum absolute atomic E-state index is 6.31. The molecule has 36 heavy (non-hydrogen) atoms. The van der Waals surface area contributed by atoms with Crippen molar-refractivity contribution >= 4 is 27.5 Å². The molecule has 6 heteroatoms. The lowest BCUT2D eigenvalue weighted by Crippen LogP contribution is -1.98. The SMILES string of the molecule is c1ccc(-c2oc3ncn4nc(COc5cccc6ccccc56)nc4c3c2-c2ccccc2)cc1. The van der Waals surface area contributed by atoms with Crippen molar-refractivity contribution in [1.29, 1.82) is 0 Å². The summed E-state index contributed by atoms with van der Waals surface area (Å²) in [6, 6.07) is 34.4. The van der Waals surface area contributed by atoms with Gasteiger partial charge in [0, 0.05) is 16.5 Å². The van der Waals surface area contributed by atoms with Gasteiger partial charge in [0.15, 0.2) is 11.5 Å². The molecule has 0 saturated carbocycles. The van der Waals surface area contributed by atoms with Gasteiger partial charge in [0.05, 0.1) is 5.39 Å². The van der Waals surface area contributed by atoms with Crippen molar-refractivity contribution in [2.45, 2.75) is 6.61 Å². The first-order chi connectivity index (χ1) is 17.8. The molecule has 0 radical (unpaired) electrons. The molecule has 172 valence electrons. The molecule has 0 unspecified atom stereocenters. The Hall–Kier alpha value is -4.97. The minimum absolute atomic E-state index is 0.237. The first-order valence-electron chi connectivity index (χ1n) is 11.7. The van der Waals surface area contributed by atoms with Gasteiger partial charge in [0.25, 0.3) is 0 Å². The molecular weight excluding hydrogens is 448 g/mol. The van der Waals surface area contributed by atoms with Crippen LogP contribution in [0.4, 0.5) is 0 Å². The highest BCUT2D eigenvalue weighted by molar-refractivity contribution is 6.07. The minimum Gasteiger partial charge on any atom is -0.485 e. The summed E-state index contributed by atoms with van der Waals surface area (Å²) in [5.74, 6) is 2.13. The summed E-state index contributed by atoms with van der Waals surface area (Å²) < 4.78 is 14.2. The van der Waals surface area contributed by atoms with E-state index in [0.29, 0.717) is 17.2 Å². The zero-order valence-electron chi connectivity index (χ0n) is 19.2. The summed E-state index contributed by atoms with van der Waals surface area (Å²) in [4.78, 5) is 9.42. The van der Waals surface area contributed by atoms with Gasteiger partial charge in [0.1, 0.15) is 24.4 Å². The zero-order chi connectivity index (χ0) is 23.9. The fourth-order valence-electron chi connectivity index (χ4n) is 4.64. The lowest BCUT2D eigenvalue weighted by Gasteiger charge is -2.07.